The van der Waals surface area contributed by atoms with Crippen LogP contribution in [0, 0.1) is 0 Å². The molecule has 0 aliphatic carbocycles. The van der Waals surface area contributed by atoms with Crippen LogP contribution in [0.2, 0.25) is 0 Å². The fraction of sp³-hybridized carbons (Fsp3) is 0.300. The summed E-state index contributed by atoms with van der Waals surface area (Å²) in [5.41, 5.74) is 1.71. The molecule has 1 fully saturated rings. The molecule has 2 aromatic rings. The summed E-state index contributed by atoms with van der Waals surface area (Å²) in [7, 11) is 0. The summed E-state index contributed by atoms with van der Waals surface area (Å²) >= 11 is 0. The van der Waals surface area contributed by atoms with Gasteiger partial charge in [-0.1, -0.05) is 48.5 Å². The Bertz CT molecular complexity index is 710. The van der Waals surface area contributed by atoms with Crippen molar-refractivity contribution in [2.75, 3.05) is 31.1 Å². The van der Waals surface area contributed by atoms with E-state index in [4.69, 9.17) is 0 Å². The molecule has 0 amide bonds. The standard InChI is InChI=1S/C20H22N2O3/c23-19(16-7-3-1-4-8-16)15-18(20(24)25)22-13-11-21(12-14-22)17-9-5-2-6-10-17/h1-10,18H,11-15H2,(H,24,25)/t18-/m0/s1. The second kappa shape index (κ2) is 7.94. The van der Waals surface area contributed by atoms with E-state index in [0.29, 0.717) is 18.7 Å². The summed E-state index contributed by atoms with van der Waals surface area (Å²) in [5, 5.41) is 9.60. The number of carbonyl (C=O) groups is 2. The first-order chi connectivity index (χ1) is 12.1. The third-order valence-corrected chi connectivity index (χ3v) is 4.64. The van der Waals surface area contributed by atoms with Crippen molar-refractivity contribution in [3.63, 3.8) is 0 Å². The van der Waals surface area contributed by atoms with E-state index in [2.05, 4.69) is 17.0 Å². The van der Waals surface area contributed by atoms with Crippen LogP contribution >= 0.6 is 0 Å². The van der Waals surface area contributed by atoms with Crippen LogP contribution in [0.3, 0.4) is 0 Å². The highest BCUT2D eigenvalue weighted by Crippen LogP contribution is 2.18. The van der Waals surface area contributed by atoms with Crippen molar-refractivity contribution in [2.45, 2.75) is 12.5 Å². The highest BCUT2D eigenvalue weighted by molar-refractivity contribution is 5.98. The van der Waals surface area contributed by atoms with Crippen LogP contribution in [0.1, 0.15) is 16.8 Å². The van der Waals surface area contributed by atoms with Gasteiger partial charge in [-0.25, -0.2) is 0 Å². The first-order valence-corrected chi connectivity index (χ1v) is 8.50. The molecule has 130 valence electrons. The Labute approximate surface area is 147 Å². The van der Waals surface area contributed by atoms with E-state index in [0.717, 1.165) is 18.8 Å². The Kier molecular flexibility index (Phi) is 5.46. The Morgan fingerprint density at radius 1 is 0.880 bits per heavy atom. The number of hydrogen-bond acceptors (Lipinski definition) is 4. The monoisotopic (exact) mass is 338 g/mol. The quantitative estimate of drug-likeness (QED) is 0.820. The maximum absolute atomic E-state index is 12.4. The molecule has 1 atom stereocenters. The fourth-order valence-corrected chi connectivity index (χ4v) is 3.22. The number of rotatable bonds is 6. The van der Waals surface area contributed by atoms with Crippen LogP contribution in [0.5, 0.6) is 0 Å². The zero-order valence-electron chi connectivity index (χ0n) is 14.0. The Morgan fingerprint density at radius 2 is 1.44 bits per heavy atom. The van der Waals surface area contributed by atoms with Crippen molar-refractivity contribution in [2.24, 2.45) is 0 Å². The molecular formula is C20H22N2O3. The maximum atomic E-state index is 12.4. The lowest BCUT2D eigenvalue weighted by Crippen LogP contribution is -2.53. The summed E-state index contributed by atoms with van der Waals surface area (Å²) < 4.78 is 0. The van der Waals surface area contributed by atoms with E-state index >= 15 is 0 Å². The third kappa shape index (κ3) is 4.25. The molecule has 0 bridgehead atoms. The average molecular weight is 338 g/mol. The van der Waals surface area contributed by atoms with Gasteiger partial charge in [-0.2, -0.15) is 0 Å². The van der Waals surface area contributed by atoms with Gasteiger partial charge in [0.2, 0.25) is 0 Å². The Morgan fingerprint density at radius 3 is 2.00 bits per heavy atom. The van der Waals surface area contributed by atoms with Crippen molar-refractivity contribution in [1.82, 2.24) is 4.90 Å². The maximum Gasteiger partial charge on any atom is 0.321 e. The number of para-hydroxylation sites is 1. The van der Waals surface area contributed by atoms with Gasteiger partial charge in [-0.15, -0.1) is 0 Å². The number of carbonyl (C=O) groups excluding carboxylic acids is 1. The third-order valence-electron chi connectivity index (χ3n) is 4.64. The van der Waals surface area contributed by atoms with Gasteiger partial charge < -0.3 is 10.0 Å². The zero-order chi connectivity index (χ0) is 17.6. The number of aliphatic carboxylic acids is 1. The van der Waals surface area contributed by atoms with Crippen molar-refractivity contribution in [1.29, 1.82) is 0 Å². The Balaban J connectivity index is 1.62. The van der Waals surface area contributed by atoms with Crippen molar-refractivity contribution >= 4 is 17.4 Å². The molecule has 5 nitrogen and oxygen atoms in total. The minimum atomic E-state index is -0.933. The first-order valence-electron chi connectivity index (χ1n) is 8.50. The minimum Gasteiger partial charge on any atom is -0.480 e. The lowest BCUT2D eigenvalue weighted by atomic mass is 10.0. The molecule has 1 saturated heterocycles. The van der Waals surface area contributed by atoms with Gasteiger partial charge in [0.05, 0.1) is 0 Å². The number of benzene rings is 2. The van der Waals surface area contributed by atoms with Gasteiger partial charge in [0.25, 0.3) is 0 Å². The zero-order valence-corrected chi connectivity index (χ0v) is 14.0. The number of Topliss-reactive ketones (excluding diaryl/α,β-unsaturated/α-hetero) is 1. The normalized spacial score (nSPS) is 16.4. The van der Waals surface area contributed by atoms with Crippen LogP contribution in [0.4, 0.5) is 5.69 Å². The van der Waals surface area contributed by atoms with E-state index < -0.39 is 12.0 Å². The molecule has 1 aliphatic heterocycles. The molecule has 0 unspecified atom stereocenters. The molecule has 25 heavy (non-hydrogen) atoms. The van der Waals surface area contributed by atoms with Gasteiger partial charge in [-0.05, 0) is 12.1 Å². The van der Waals surface area contributed by atoms with Crippen LogP contribution in [-0.2, 0) is 4.79 Å². The summed E-state index contributed by atoms with van der Waals surface area (Å²) in [5.74, 6) is -1.06. The topological polar surface area (TPSA) is 60.9 Å². The summed E-state index contributed by atoms with van der Waals surface area (Å²) in [4.78, 5) is 28.2. The number of carboxylic acids is 1. The number of carboxylic acid groups (broad SMARTS) is 1. The van der Waals surface area contributed by atoms with E-state index in [1.54, 1.807) is 24.3 Å². The Hall–Kier alpha value is -2.66. The molecule has 0 radical (unpaired) electrons. The van der Waals surface area contributed by atoms with Gasteiger partial charge in [0.1, 0.15) is 6.04 Å². The predicted octanol–water partition coefficient (Wildman–Crippen LogP) is 2.53. The van der Waals surface area contributed by atoms with Crippen LogP contribution in [0.15, 0.2) is 60.7 Å². The molecular weight excluding hydrogens is 316 g/mol. The SMILES string of the molecule is O=C(C[C@@H](C(=O)O)N1CCN(c2ccccc2)CC1)c1ccccc1. The van der Waals surface area contributed by atoms with E-state index in [1.165, 1.54) is 0 Å². The lowest BCUT2D eigenvalue weighted by molar-refractivity contribution is -0.143. The second-order valence-electron chi connectivity index (χ2n) is 6.21. The molecule has 1 N–H and O–H groups in total. The number of anilines is 1. The van der Waals surface area contributed by atoms with Gasteiger partial charge in [-0.3, -0.25) is 14.5 Å². The number of hydrogen-bond donors (Lipinski definition) is 1. The predicted molar refractivity (Wildman–Crippen MR) is 97.0 cm³/mol. The molecule has 0 spiro atoms. The smallest absolute Gasteiger partial charge is 0.321 e. The minimum absolute atomic E-state index is 0.00465. The number of ketones is 1. The molecule has 0 aromatic heterocycles. The highest BCUT2D eigenvalue weighted by atomic mass is 16.4. The molecule has 1 aliphatic rings. The van der Waals surface area contributed by atoms with Gasteiger partial charge in [0.15, 0.2) is 5.78 Å². The fourth-order valence-electron chi connectivity index (χ4n) is 3.22. The molecule has 5 heteroatoms. The van der Waals surface area contributed by atoms with Crippen LogP contribution in [0.25, 0.3) is 0 Å². The number of piperazine rings is 1. The van der Waals surface area contributed by atoms with Gasteiger partial charge in [0, 0.05) is 43.9 Å². The first kappa shape index (κ1) is 17.2. The van der Waals surface area contributed by atoms with E-state index in [1.807, 2.05) is 29.2 Å². The molecule has 0 saturated carbocycles. The average Bonchev–Trinajstić information content (AvgIpc) is 2.67. The highest BCUT2D eigenvalue weighted by Gasteiger charge is 2.31. The molecule has 2 aromatic carbocycles. The van der Waals surface area contributed by atoms with Crippen molar-refractivity contribution < 1.29 is 14.7 Å². The van der Waals surface area contributed by atoms with E-state index in [-0.39, 0.29) is 12.2 Å². The van der Waals surface area contributed by atoms with Crippen molar-refractivity contribution in [3.05, 3.63) is 66.2 Å². The molecule has 1 heterocycles. The summed E-state index contributed by atoms with van der Waals surface area (Å²) in [6, 6.07) is 18.2. The number of nitrogens with zero attached hydrogens (tertiary/aromatic N) is 2. The molecule has 3 rings (SSSR count). The largest absolute Gasteiger partial charge is 0.480 e. The lowest BCUT2D eigenvalue weighted by Gasteiger charge is -2.38. The van der Waals surface area contributed by atoms with E-state index in [9.17, 15) is 14.7 Å². The summed E-state index contributed by atoms with van der Waals surface area (Å²) in [6.45, 7) is 2.78. The van der Waals surface area contributed by atoms with Crippen LogP contribution < -0.4 is 4.90 Å². The van der Waals surface area contributed by atoms with Gasteiger partial charge >= 0.3 is 5.97 Å². The second-order valence-corrected chi connectivity index (χ2v) is 6.21. The van der Waals surface area contributed by atoms with Crippen molar-refractivity contribution in [3.8, 4) is 0 Å². The summed E-state index contributed by atoms with van der Waals surface area (Å²) in [6.07, 6.45) is 0.00465. The van der Waals surface area contributed by atoms with Crippen LogP contribution in [-0.4, -0.2) is 54.0 Å².